The average Bonchev–Trinajstić information content (AvgIpc) is 2.29. The van der Waals surface area contributed by atoms with Gasteiger partial charge in [0, 0.05) is 6.54 Å². The maximum atomic E-state index is 5.78. The molecule has 0 amide bonds. The highest BCUT2D eigenvalue weighted by Gasteiger charge is 2.12. The van der Waals surface area contributed by atoms with Crippen LogP contribution in [-0.2, 0) is 6.42 Å². The fraction of sp³-hybridized carbons (Fsp3) is 0.429. The zero-order valence-corrected chi connectivity index (χ0v) is 10.0. The Morgan fingerprint density at radius 3 is 3.12 bits per heavy atom. The molecule has 0 unspecified atom stereocenters. The lowest BCUT2D eigenvalue weighted by atomic mass is 10.0. The minimum Gasteiger partial charge on any atom is -0.487 e. The standard InChI is InChI=1S/C14H19NO/c1-11(2)8-10-16-13-7-3-5-12-6-4-9-15-14(12)13/h3,5,7-8,15H,4,6,9-10H2,1-2H3. The smallest absolute Gasteiger partial charge is 0.143 e. The molecule has 1 aliphatic heterocycles. The number of hydrogen-bond acceptors (Lipinski definition) is 2. The predicted molar refractivity (Wildman–Crippen MR) is 68.2 cm³/mol. The van der Waals surface area contributed by atoms with Gasteiger partial charge < -0.3 is 10.1 Å². The van der Waals surface area contributed by atoms with E-state index in [0.29, 0.717) is 6.61 Å². The van der Waals surface area contributed by atoms with E-state index in [1.165, 1.54) is 23.2 Å². The van der Waals surface area contributed by atoms with Crippen molar-refractivity contribution in [2.24, 2.45) is 0 Å². The molecule has 1 aromatic rings. The van der Waals surface area contributed by atoms with Crippen LogP contribution in [0.15, 0.2) is 29.8 Å². The van der Waals surface area contributed by atoms with Gasteiger partial charge in [0.1, 0.15) is 12.4 Å². The lowest BCUT2D eigenvalue weighted by Gasteiger charge is -2.20. The number of aryl methyl sites for hydroxylation is 1. The van der Waals surface area contributed by atoms with E-state index >= 15 is 0 Å². The number of rotatable bonds is 3. The molecular weight excluding hydrogens is 198 g/mol. The zero-order chi connectivity index (χ0) is 11.4. The van der Waals surface area contributed by atoms with E-state index in [-0.39, 0.29) is 0 Å². The highest BCUT2D eigenvalue weighted by molar-refractivity contribution is 5.63. The van der Waals surface area contributed by atoms with Crippen LogP contribution in [0, 0.1) is 0 Å². The molecule has 1 heterocycles. The number of para-hydroxylation sites is 1. The van der Waals surface area contributed by atoms with Crippen LogP contribution < -0.4 is 10.1 Å². The van der Waals surface area contributed by atoms with E-state index in [1.54, 1.807) is 0 Å². The number of allylic oxidation sites excluding steroid dienone is 1. The molecule has 2 heteroatoms. The lowest BCUT2D eigenvalue weighted by Crippen LogP contribution is -2.13. The number of ether oxygens (including phenoxy) is 1. The van der Waals surface area contributed by atoms with Gasteiger partial charge in [-0.1, -0.05) is 17.7 Å². The Balaban J connectivity index is 2.11. The van der Waals surface area contributed by atoms with Crippen molar-refractivity contribution in [1.82, 2.24) is 0 Å². The highest BCUT2D eigenvalue weighted by Crippen LogP contribution is 2.31. The van der Waals surface area contributed by atoms with Crippen LogP contribution in [-0.4, -0.2) is 13.2 Å². The lowest BCUT2D eigenvalue weighted by molar-refractivity contribution is 0.363. The van der Waals surface area contributed by atoms with Crippen LogP contribution in [0.25, 0.3) is 0 Å². The van der Waals surface area contributed by atoms with Crippen molar-refractivity contribution in [1.29, 1.82) is 0 Å². The molecule has 1 aromatic carbocycles. The Hall–Kier alpha value is -1.44. The van der Waals surface area contributed by atoms with E-state index in [0.717, 1.165) is 18.7 Å². The van der Waals surface area contributed by atoms with Gasteiger partial charge >= 0.3 is 0 Å². The van der Waals surface area contributed by atoms with Crippen LogP contribution in [0.3, 0.4) is 0 Å². The summed E-state index contributed by atoms with van der Waals surface area (Å²) in [6.07, 6.45) is 4.47. The van der Waals surface area contributed by atoms with Crippen molar-refractivity contribution >= 4 is 5.69 Å². The predicted octanol–water partition coefficient (Wildman–Crippen LogP) is 3.39. The Morgan fingerprint density at radius 2 is 2.31 bits per heavy atom. The van der Waals surface area contributed by atoms with E-state index in [9.17, 15) is 0 Å². The first-order chi connectivity index (χ1) is 7.77. The molecular formula is C14H19NO. The van der Waals surface area contributed by atoms with Crippen molar-refractivity contribution < 1.29 is 4.74 Å². The summed E-state index contributed by atoms with van der Waals surface area (Å²) >= 11 is 0. The van der Waals surface area contributed by atoms with Gasteiger partial charge in [-0.05, 0) is 44.4 Å². The largest absolute Gasteiger partial charge is 0.487 e. The van der Waals surface area contributed by atoms with Gasteiger partial charge in [-0.25, -0.2) is 0 Å². The SMILES string of the molecule is CC(C)=CCOc1cccc2c1NCCC2. The summed E-state index contributed by atoms with van der Waals surface area (Å²) in [5.74, 6) is 0.981. The molecule has 0 saturated carbocycles. The first-order valence-corrected chi connectivity index (χ1v) is 5.89. The normalized spacial score (nSPS) is 13.6. The van der Waals surface area contributed by atoms with Crippen LogP contribution in [0.1, 0.15) is 25.8 Å². The fourth-order valence-corrected chi connectivity index (χ4v) is 1.90. The second kappa shape index (κ2) is 5.06. The number of fused-ring (bicyclic) bond motifs is 1. The Labute approximate surface area is 97.3 Å². The Morgan fingerprint density at radius 1 is 1.44 bits per heavy atom. The molecule has 0 fully saturated rings. The third kappa shape index (κ3) is 2.57. The van der Waals surface area contributed by atoms with Gasteiger partial charge in [-0.2, -0.15) is 0 Å². The molecule has 0 bridgehead atoms. The second-order valence-corrected chi connectivity index (χ2v) is 4.41. The average molecular weight is 217 g/mol. The molecule has 1 N–H and O–H groups in total. The second-order valence-electron chi connectivity index (χ2n) is 4.41. The Kier molecular flexibility index (Phi) is 3.50. The van der Waals surface area contributed by atoms with Crippen LogP contribution in [0.5, 0.6) is 5.75 Å². The third-order valence-corrected chi connectivity index (χ3v) is 2.77. The molecule has 2 rings (SSSR count). The molecule has 0 atom stereocenters. The van der Waals surface area contributed by atoms with Gasteiger partial charge in [-0.3, -0.25) is 0 Å². The summed E-state index contributed by atoms with van der Waals surface area (Å²) in [6.45, 7) is 5.88. The fourth-order valence-electron chi connectivity index (χ4n) is 1.90. The summed E-state index contributed by atoms with van der Waals surface area (Å²) in [6, 6.07) is 6.29. The van der Waals surface area contributed by atoms with Crippen LogP contribution in [0.4, 0.5) is 5.69 Å². The van der Waals surface area contributed by atoms with Gasteiger partial charge in [0.2, 0.25) is 0 Å². The number of benzene rings is 1. The van der Waals surface area contributed by atoms with Crippen molar-refractivity contribution in [3.8, 4) is 5.75 Å². The summed E-state index contributed by atoms with van der Waals surface area (Å²) in [7, 11) is 0. The number of hydrogen-bond donors (Lipinski definition) is 1. The van der Waals surface area contributed by atoms with Gasteiger partial charge in [-0.15, -0.1) is 0 Å². The van der Waals surface area contributed by atoms with E-state index in [1.807, 2.05) is 6.07 Å². The molecule has 2 nitrogen and oxygen atoms in total. The number of anilines is 1. The van der Waals surface area contributed by atoms with Crippen molar-refractivity contribution in [3.63, 3.8) is 0 Å². The first-order valence-electron chi connectivity index (χ1n) is 5.89. The molecule has 0 saturated heterocycles. The monoisotopic (exact) mass is 217 g/mol. The van der Waals surface area contributed by atoms with Gasteiger partial charge in [0.15, 0.2) is 0 Å². The van der Waals surface area contributed by atoms with Crippen molar-refractivity contribution in [2.75, 3.05) is 18.5 Å². The van der Waals surface area contributed by atoms with Crippen LogP contribution in [0.2, 0.25) is 0 Å². The molecule has 0 aromatic heterocycles. The van der Waals surface area contributed by atoms with Crippen LogP contribution >= 0.6 is 0 Å². The Bertz CT molecular complexity index is 392. The maximum absolute atomic E-state index is 5.78. The van der Waals surface area contributed by atoms with Gasteiger partial charge in [0.25, 0.3) is 0 Å². The third-order valence-electron chi connectivity index (χ3n) is 2.77. The molecule has 0 spiro atoms. The van der Waals surface area contributed by atoms with Crippen molar-refractivity contribution in [2.45, 2.75) is 26.7 Å². The molecule has 1 aliphatic rings. The summed E-state index contributed by atoms with van der Waals surface area (Å²) in [4.78, 5) is 0. The minimum absolute atomic E-state index is 0.653. The maximum Gasteiger partial charge on any atom is 0.143 e. The zero-order valence-electron chi connectivity index (χ0n) is 10.0. The molecule has 16 heavy (non-hydrogen) atoms. The summed E-state index contributed by atoms with van der Waals surface area (Å²) < 4.78 is 5.78. The van der Waals surface area contributed by atoms with E-state index < -0.39 is 0 Å². The summed E-state index contributed by atoms with van der Waals surface area (Å²) in [5, 5.41) is 3.42. The molecule has 0 aliphatic carbocycles. The van der Waals surface area contributed by atoms with Gasteiger partial charge in [0.05, 0.1) is 5.69 Å². The van der Waals surface area contributed by atoms with Crippen molar-refractivity contribution in [3.05, 3.63) is 35.4 Å². The summed E-state index contributed by atoms with van der Waals surface area (Å²) in [5.41, 5.74) is 3.86. The number of nitrogens with one attached hydrogen (secondary N) is 1. The van der Waals surface area contributed by atoms with E-state index in [2.05, 4.69) is 37.4 Å². The quantitative estimate of drug-likeness (QED) is 0.784. The topological polar surface area (TPSA) is 21.3 Å². The highest BCUT2D eigenvalue weighted by atomic mass is 16.5. The van der Waals surface area contributed by atoms with E-state index in [4.69, 9.17) is 4.74 Å². The molecule has 0 radical (unpaired) electrons. The first kappa shape index (κ1) is 11.1. The minimum atomic E-state index is 0.653. The molecule has 86 valence electrons.